The maximum atomic E-state index is 12.5. The van der Waals surface area contributed by atoms with Gasteiger partial charge >= 0.3 is 5.97 Å². The summed E-state index contributed by atoms with van der Waals surface area (Å²) in [5.74, 6) is 0.693. The molecule has 0 bridgehead atoms. The first-order chi connectivity index (χ1) is 13.4. The molecule has 0 saturated heterocycles. The van der Waals surface area contributed by atoms with Crippen molar-refractivity contribution in [3.05, 3.63) is 56.8 Å². The maximum absolute atomic E-state index is 12.5. The molecule has 28 heavy (non-hydrogen) atoms. The summed E-state index contributed by atoms with van der Waals surface area (Å²) in [6.07, 6.45) is 0.241. The van der Waals surface area contributed by atoms with Crippen molar-refractivity contribution in [1.29, 1.82) is 0 Å². The molecule has 1 amide bonds. The Morgan fingerprint density at radius 2 is 1.93 bits per heavy atom. The van der Waals surface area contributed by atoms with Crippen LogP contribution in [0.4, 0.5) is 5.13 Å². The lowest BCUT2D eigenvalue weighted by Crippen LogP contribution is -2.12. The van der Waals surface area contributed by atoms with Crippen LogP contribution >= 0.6 is 27.3 Å². The molecule has 2 aromatic heterocycles. The van der Waals surface area contributed by atoms with Crippen molar-refractivity contribution in [1.82, 2.24) is 4.98 Å². The number of carbonyl (C=O) groups is 2. The number of anilines is 1. The third kappa shape index (κ3) is 4.51. The van der Waals surface area contributed by atoms with Gasteiger partial charge in [-0.2, -0.15) is 0 Å². The van der Waals surface area contributed by atoms with Gasteiger partial charge in [0, 0.05) is 10.9 Å². The van der Waals surface area contributed by atoms with Gasteiger partial charge in [0.05, 0.1) is 28.8 Å². The van der Waals surface area contributed by atoms with Crippen molar-refractivity contribution in [2.45, 2.75) is 27.2 Å². The van der Waals surface area contributed by atoms with Gasteiger partial charge in [-0.25, -0.2) is 4.98 Å². The Balaban J connectivity index is 1.70. The smallest absolute Gasteiger partial charge is 0.310 e. The number of halogens is 1. The van der Waals surface area contributed by atoms with Crippen LogP contribution < -0.4 is 5.32 Å². The van der Waals surface area contributed by atoms with Crippen molar-refractivity contribution >= 4 is 44.3 Å². The number of rotatable bonds is 6. The summed E-state index contributed by atoms with van der Waals surface area (Å²) in [6, 6.07) is 7.54. The Morgan fingerprint density at radius 3 is 2.54 bits per heavy atom. The average Bonchev–Trinajstić information content (AvgIpc) is 3.20. The standard InChI is InChI=1S/C20H19BrN2O4S/c1-4-26-16(24)9-13-5-7-14(8-6-13)15-10-28-20(22-15)23-19(25)17-11(2)27-12(3)18(17)21/h5-8,10H,4,9H2,1-3H3,(H,22,23,25). The number of benzene rings is 1. The van der Waals surface area contributed by atoms with E-state index in [-0.39, 0.29) is 18.3 Å². The van der Waals surface area contributed by atoms with E-state index in [1.165, 1.54) is 11.3 Å². The minimum Gasteiger partial charge on any atom is -0.466 e. The predicted octanol–water partition coefficient (Wildman–Crippen LogP) is 5.14. The molecule has 1 N–H and O–H groups in total. The van der Waals surface area contributed by atoms with Gasteiger partial charge in [-0.05, 0) is 42.3 Å². The average molecular weight is 463 g/mol. The maximum Gasteiger partial charge on any atom is 0.310 e. The Morgan fingerprint density at radius 1 is 1.21 bits per heavy atom. The van der Waals surface area contributed by atoms with E-state index >= 15 is 0 Å². The minimum atomic E-state index is -0.271. The lowest BCUT2D eigenvalue weighted by Gasteiger charge is -2.03. The number of furan rings is 1. The van der Waals surface area contributed by atoms with Gasteiger partial charge in [0.1, 0.15) is 11.5 Å². The van der Waals surface area contributed by atoms with E-state index in [2.05, 4.69) is 26.2 Å². The summed E-state index contributed by atoms with van der Waals surface area (Å²) in [6.45, 7) is 5.70. The first-order valence-electron chi connectivity index (χ1n) is 8.66. The van der Waals surface area contributed by atoms with Gasteiger partial charge in [-0.15, -0.1) is 11.3 Å². The number of aromatic nitrogens is 1. The van der Waals surface area contributed by atoms with Crippen LogP contribution in [0.15, 0.2) is 38.5 Å². The summed E-state index contributed by atoms with van der Waals surface area (Å²) in [7, 11) is 0. The number of thiazole rings is 1. The SMILES string of the molecule is CCOC(=O)Cc1ccc(-c2csc(NC(=O)c3c(C)oc(C)c3Br)n2)cc1. The second-order valence-corrected chi connectivity index (χ2v) is 7.73. The molecule has 0 aliphatic rings. The van der Waals surface area contributed by atoms with Gasteiger partial charge in [-0.1, -0.05) is 24.3 Å². The fourth-order valence-corrected chi connectivity index (χ4v) is 3.97. The number of nitrogens with zero attached hydrogens (tertiary/aromatic N) is 1. The zero-order valence-electron chi connectivity index (χ0n) is 15.7. The number of amides is 1. The van der Waals surface area contributed by atoms with Gasteiger partial charge in [-0.3, -0.25) is 14.9 Å². The first-order valence-corrected chi connectivity index (χ1v) is 10.3. The van der Waals surface area contributed by atoms with Crippen LogP contribution in [-0.2, 0) is 16.0 Å². The monoisotopic (exact) mass is 462 g/mol. The van der Waals surface area contributed by atoms with Gasteiger partial charge in [0.15, 0.2) is 5.13 Å². The summed E-state index contributed by atoms with van der Waals surface area (Å²) in [4.78, 5) is 28.6. The molecule has 0 spiro atoms. The third-order valence-electron chi connectivity index (χ3n) is 4.04. The van der Waals surface area contributed by atoms with Gasteiger partial charge < -0.3 is 9.15 Å². The van der Waals surface area contributed by atoms with E-state index in [9.17, 15) is 9.59 Å². The topological polar surface area (TPSA) is 81.4 Å². The predicted molar refractivity (Wildman–Crippen MR) is 112 cm³/mol. The second-order valence-electron chi connectivity index (χ2n) is 6.07. The first kappa shape index (κ1) is 20.3. The molecule has 8 heteroatoms. The lowest BCUT2D eigenvalue weighted by atomic mass is 10.1. The van der Waals surface area contributed by atoms with Crippen molar-refractivity contribution in [2.24, 2.45) is 0 Å². The second kappa shape index (κ2) is 8.70. The molecule has 3 aromatic rings. The number of hydrogen-bond acceptors (Lipinski definition) is 6. The molecule has 0 aliphatic heterocycles. The van der Waals surface area contributed by atoms with Crippen molar-refractivity contribution < 1.29 is 18.7 Å². The summed E-state index contributed by atoms with van der Waals surface area (Å²) in [5, 5.41) is 5.19. The Labute approximate surface area is 175 Å². The Kier molecular flexibility index (Phi) is 6.31. The van der Waals surface area contributed by atoms with Crippen LogP contribution in [0.3, 0.4) is 0 Å². The Hall–Kier alpha value is -2.45. The largest absolute Gasteiger partial charge is 0.466 e. The van der Waals surface area contributed by atoms with Crippen LogP contribution in [0.1, 0.15) is 34.4 Å². The molecule has 146 valence electrons. The van der Waals surface area contributed by atoms with Crippen LogP contribution in [0.2, 0.25) is 0 Å². The van der Waals surface area contributed by atoms with E-state index in [0.29, 0.717) is 33.3 Å². The number of hydrogen-bond donors (Lipinski definition) is 1. The Bertz CT molecular complexity index is 1010. The highest BCUT2D eigenvalue weighted by Gasteiger charge is 2.21. The molecular weight excluding hydrogens is 444 g/mol. The zero-order chi connectivity index (χ0) is 20.3. The molecule has 0 unspecified atom stereocenters. The highest BCUT2D eigenvalue weighted by atomic mass is 79.9. The van der Waals surface area contributed by atoms with Gasteiger partial charge in [0.2, 0.25) is 0 Å². The normalized spacial score (nSPS) is 10.7. The molecular formula is C20H19BrN2O4S. The minimum absolute atomic E-state index is 0.241. The van der Waals surface area contributed by atoms with Crippen LogP contribution in [-0.4, -0.2) is 23.5 Å². The van der Waals surface area contributed by atoms with Crippen LogP contribution in [0.5, 0.6) is 0 Å². The number of carbonyl (C=O) groups excluding carboxylic acids is 2. The number of esters is 1. The van der Waals surface area contributed by atoms with E-state index in [0.717, 1.165) is 16.8 Å². The molecule has 3 rings (SSSR count). The highest BCUT2D eigenvalue weighted by Crippen LogP contribution is 2.30. The summed E-state index contributed by atoms with van der Waals surface area (Å²) >= 11 is 4.73. The molecule has 0 atom stereocenters. The molecule has 0 radical (unpaired) electrons. The van der Waals surface area contributed by atoms with Crippen LogP contribution in [0.25, 0.3) is 11.3 Å². The van der Waals surface area contributed by atoms with Crippen LogP contribution in [0, 0.1) is 13.8 Å². The lowest BCUT2D eigenvalue weighted by molar-refractivity contribution is -0.142. The van der Waals surface area contributed by atoms with Gasteiger partial charge in [0.25, 0.3) is 5.91 Å². The number of nitrogens with one attached hydrogen (secondary N) is 1. The van der Waals surface area contributed by atoms with Crippen molar-refractivity contribution in [3.8, 4) is 11.3 Å². The summed E-state index contributed by atoms with van der Waals surface area (Å²) < 4.78 is 11.1. The van der Waals surface area contributed by atoms with E-state index in [1.54, 1.807) is 20.8 Å². The quantitative estimate of drug-likeness (QED) is 0.512. The van der Waals surface area contributed by atoms with E-state index < -0.39 is 0 Å². The summed E-state index contributed by atoms with van der Waals surface area (Å²) in [5.41, 5.74) is 3.00. The highest BCUT2D eigenvalue weighted by molar-refractivity contribution is 9.10. The van der Waals surface area contributed by atoms with Crippen molar-refractivity contribution in [3.63, 3.8) is 0 Å². The fraction of sp³-hybridized carbons (Fsp3) is 0.250. The number of ether oxygens (including phenoxy) is 1. The molecule has 0 fully saturated rings. The molecule has 1 aromatic carbocycles. The molecule has 0 saturated carbocycles. The van der Waals surface area contributed by atoms with E-state index in [1.807, 2.05) is 29.6 Å². The number of aryl methyl sites for hydroxylation is 2. The van der Waals surface area contributed by atoms with Crippen molar-refractivity contribution in [2.75, 3.05) is 11.9 Å². The molecule has 0 aliphatic carbocycles. The molecule has 2 heterocycles. The third-order valence-corrected chi connectivity index (χ3v) is 5.75. The molecule has 6 nitrogen and oxygen atoms in total. The van der Waals surface area contributed by atoms with E-state index in [4.69, 9.17) is 9.15 Å². The zero-order valence-corrected chi connectivity index (χ0v) is 18.1. The fourth-order valence-electron chi connectivity index (χ4n) is 2.71.